The number of rotatable bonds is 10. The van der Waals surface area contributed by atoms with Gasteiger partial charge in [-0.25, -0.2) is 0 Å². The summed E-state index contributed by atoms with van der Waals surface area (Å²) in [5, 5.41) is 0. The van der Waals surface area contributed by atoms with Crippen LogP contribution in [-0.2, 0) is 13.0 Å². The molecular weight excluding hydrogens is 490 g/mol. The summed E-state index contributed by atoms with van der Waals surface area (Å²) in [4.78, 5) is 14.8. The van der Waals surface area contributed by atoms with Crippen LogP contribution in [-0.4, -0.2) is 59.8 Å². The number of likely N-dealkylation sites (tertiary alicyclic amines) is 2. The Morgan fingerprint density at radius 3 is 2.50 bits per heavy atom. The molecule has 40 heavy (non-hydrogen) atoms. The molecule has 1 aromatic heterocycles. The van der Waals surface area contributed by atoms with Gasteiger partial charge in [0.1, 0.15) is 0 Å². The molecule has 5 nitrogen and oxygen atoms in total. The first-order chi connectivity index (χ1) is 19.3. The Morgan fingerprint density at radius 1 is 1.05 bits per heavy atom. The number of hydrogen-bond acceptors (Lipinski definition) is 5. The molecule has 2 aromatic carbocycles. The highest BCUT2D eigenvalue weighted by Crippen LogP contribution is 2.33. The van der Waals surface area contributed by atoms with Crippen molar-refractivity contribution in [2.45, 2.75) is 46.7 Å². The van der Waals surface area contributed by atoms with Gasteiger partial charge in [0.15, 0.2) is 0 Å². The number of benzene rings is 2. The molecule has 2 aliphatic rings. The summed E-state index contributed by atoms with van der Waals surface area (Å²) >= 11 is 0. The number of nitrogens with two attached hydrogens (primary N) is 1. The Hall–Kier alpha value is -3.38. The van der Waals surface area contributed by atoms with E-state index in [1.54, 1.807) is 0 Å². The van der Waals surface area contributed by atoms with E-state index in [0.29, 0.717) is 6.04 Å². The molecule has 0 amide bonds. The van der Waals surface area contributed by atoms with Gasteiger partial charge in [-0.1, -0.05) is 69.0 Å². The molecule has 2 N–H and O–H groups in total. The van der Waals surface area contributed by atoms with Gasteiger partial charge in [0.05, 0.1) is 11.4 Å². The van der Waals surface area contributed by atoms with Crippen LogP contribution in [0.5, 0.6) is 0 Å². The zero-order valence-corrected chi connectivity index (χ0v) is 24.5. The summed E-state index contributed by atoms with van der Waals surface area (Å²) in [6.07, 6.45) is 4.91. The molecule has 0 atom stereocenters. The van der Waals surface area contributed by atoms with Gasteiger partial charge in [-0.15, -0.1) is 0 Å². The van der Waals surface area contributed by atoms with Gasteiger partial charge in [0.2, 0.25) is 0 Å². The number of aliphatic imine (C=N–C) groups is 1. The highest BCUT2D eigenvalue weighted by atomic mass is 15.2. The second-order valence-corrected chi connectivity index (χ2v) is 11.6. The van der Waals surface area contributed by atoms with Crippen molar-refractivity contribution >= 4 is 11.9 Å². The lowest BCUT2D eigenvalue weighted by molar-refractivity contribution is 0.128. The fourth-order valence-electron chi connectivity index (χ4n) is 5.94. The first-order valence-electron chi connectivity index (χ1n) is 14.6. The lowest BCUT2D eigenvalue weighted by atomic mass is 9.93. The van der Waals surface area contributed by atoms with E-state index in [2.05, 4.69) is 97.8 Å². The zero-order valence-electron chi connectivity index (χ0n) is 24.5. The number of hydrogen-bond donors (Lipinski definition) is 1. The summed E-state index contributed by atoms with van der Waals surface area (Å²) in [6.45, 7) is 19.0. The Morgan fingerprint density at radius 2 is 1.80 bits per heavy atom. The SMILES string of the molecule is C=C(/C=N\C(=C/C)c1cccc(-c2cccc(-c3ccc(CN4CC(N)C4)c(CC)n3)c2C)c1)CN1CC(C)C1. The Balaban J connectivity index is 1.36. The largest absolute Gasteiger partial charge is 0.325 e. The predicted molar refractivity (Wildman–Crippen MR) is 169 cm³/mol. The normalized spacial score (nSPS) is 17.3. The van der Waals surface area contributed by atoms with Gasteiger partial charge in [-0.05, 0) is 66.1 Å². The molecule has 5 rings (SSSR count). The van der Waals surface area contributed by atoms with Crippen LogP contribution in [0.25, 0.3) is 28.1 Å². The van der Waals surface area contributed by atoms with Crippen molar-refractivity contribution in [1.29, 1.82) is 0 Å². The monoisotopic (exact) mass is 533 g/mol. The smallest absolute Gasteiger partial charge is 0.0708 e. The number of nitrogens with zero attached hydrogens (tertiary/aromatic N) is 4. The predicted octanol–water partition coefficient (Wildman–Crippen LogP) is 6.37. The van der Waals surface area contributed by atoms with Crippen LogP contribution in [0.1, 0.15) is 43.2 Å². The van der Waals surface area contributed by atoms with E-state index in [0.717, 1.165) is 74.1 Å². The molecule has 3 heterocycles. The van der Waals surface area contributed by atoms with Crippen molar-refractivity contribution < 1.29 is 0 Å². The van der Waals surface area contributed by atoms with E-state index < -0.39 is 0 Å². The van der Waals surface area contributed by atoms with Crippen molar-refractivity contribution in [3.8, 4) is 22.4 Å². The Bertz CT molecular complexity index is 1420. The van der Waals surface area contributed by atoms with Gasteiger partial charge >= 0.3 is 0 Å². The van der Waals surface area contributed by atoms with E-state index in [1.807, 2.05) is 13.1 Å². The summed E-state index contributed by atoms with van der Waals surface area (Å²) in [6, 6.07) is 20.0. The minimum atomic E-state index is 0.315. The molecule has 0 unspecified atom stereocenters. The Labute approximate surface area is 240 Å². The summed E-state index contributed by atoms with van der Waals surface area (Å²) in [5.74, 6) is 0.791. The van der Waals surface area contributed by atoms with E-state index in [1.165, 1.54) is 33.5 Å². The van der Waals surface area contributed by atoms with Crippen molar-refractivity contribution in [1.82, 2.24) is 14.8 Å². The lowest BCUT2D eigenvalue weighted by Crippen LogP contribution is -2.54. The molecule has 0 radical (unpaired) electrons. The molecule has 3 aromatic rings. The molecule has 5 heteroatoms. The van der Waals surface area contributed by atoms with Crippen LogP contribution in [0, 0.1) is 12.8 Å². The quantitative estimate of drug-likeness (QED) is 0.308. The van der Waals surface area contributed by atoms with Gasteiger partial charge in [0.25, 0.3) is 0 Å². The number of allylic oxidation sites excluding steroid dienone is 1. The maximum Gasteiger partial charge on any atom is 0.0708 e. The van der Waals surface area contributed by atoms with Crippen molar-refractivity contribution in [3.63, 3.8) is 0 Å². The molecule has 2 fully saturated rings. The van der Waals surface area contributed by atoms with E-state index >= 15 is 0 Å². The third-order valence-electron chi connectivity index (χ3n) is 8.09. The fourth-order valence-corrected chi connectivity index (χ4v) is 5.94. The van der Waals surface area contributed by atoms with Crippen LogP contribution in [0.3, 0.4) is 0 Å². The minimum Gasteiger partial charge on any atom is -0.325 e. The van der Waals surface area contributed by atoms with Gasteiger partial charge in [-0.3, -0.25) is 19.8 Å². The maximum atomic E-state index is 5.99. The van der Waals surface area contributed by atoms with Crippen molar-refractivity contribution in [2.75, 3.05) is 32.7 Å². The average molecular weight is 534 g/mol. The van der Waals surface area contributed by atoms with E-state index in [-0.39, 0.29) is 0 Å². The molecule has 208 valence electrons. The van der Waals surface area contributed by atoms with Crippen molar-refractivity contribution in [2.24, 2.45) is 16.6 Å². The summed E-state index contributed by atoms with van der Waals surface area (Å²) in [5.41, 5.74) is 17.4. The van der Waals surface area contributed by atoms with E-state index in [9.17, 15) is 0 Å². The highest BCUT2D eigenvalue weighted by molar-refractivity contribution is 5.85. The molecule has 0 aliphatic carbocycles. The van der Waals surface area contributed by atoms with Gasteiger partial charge in [0, 0.05) is 68.3 Å². The van der Waals surface area contributed by atoms with Crippen LogP contribution < -0.4 is 5.73 Å². The second-order valence-electron chi connectivity index (χ2n) is 11.6. The number of pyridine rings is 1. The van der Waals surface area contributed by atoms with Gasteiger partial charge in [-0.2, -0.15) is 0 Å². The molecular formula is C35H43N5. The van der Waals surface area contributed by atoms with Gasteiger partial charge < -0.3 is 5.73 Å². The molecule has 0 bridgehead atoms. The summed E-state index contributed by atoms with van der Waals surface area (Å²) < 4.78 is 0. The molecule has 0 spiro atoms. The first kappa shape index (κ1) is 28.2. The fraction of sp³-hybridized carbons (Fsp3) is 0.371. The topological polar surface area (TPSA) is 57.8 Å². The first-order valence-corrected chi connectivity index (χ1v) is 14.6. The zero-order chi connectivity index (χ0) is 28.2. The third-order valence-corrected chi connectivity index (χ3v) is 8.09. The lowest BCUT2D eigenvalue weighted by Gasteiger charge is -2.37. The van der Waals surface area contributed by atoms with E-state index in [4.69, 9.17) is 15.7 Å². The third kappa shape index (κ3) is 6.33. The number of aryl methyl sites for hydroxylation is 1. The Kier molecular flexibility index (Phi) is 8.75. The molecule has 2 saturated heterocycles. The maximum absolute atomic E-state index is 5.99. The van der Waals surface area contributed by atoms with Crippen LogP contribution in [0.15, 0.2) is 77.8 Å². The van der Waals surface area contributed by atoms with Crippen LogP contribution in [0.2, 0.25) is 0 Å². The average Bonchev–Trinajstić information content (AvgIpc) is 2.92. The molecule has 0 saturated carbocycles. The van der Waals surface area contributed by atoms with Crippen molar-refractivity contribution in [3.05, 3.63) is 95.2 Å². The second kappa shape index (κ2) is 12.4. The molecule has 2 aliphatic heterocycles. The standard InChI is InChI=1S/C35H43N5/c1-6-33(37-17-24(3)18-39-19-25(4)20-39)28-11-8-10-27(16-28)31-12-9-13-32(26(31)5)35-15-14-29(34(7-2)38-35)21-40-22-30(36)23-40/h6,8-17,25,30H,3,7,18-23,36H2,1-2,4-5H3/b33-6-,37-17-. The number of aromatic nitrogens is 1. The highest BCUT2D eigenvalue weighted by Gasteiger charge is 2.24. The van der Waals surface area contributed by atoms with Crippen LogP contribution >= 0.6 is 0 Å². The minimum absolute atomic E-state index is 0.315. The summed E-state index contributed by atoms with van der Waals surface area (Å²) in [7, 11) is 0. The van der Waals surface area contributed by atoms with Crippen LogP contribution in [0.4, 0.5) is 0 Å².